The molecule has 0 aromatic heterocycles. The first-order chi connectivity index (χ1) is 8.65. The highest BCUT2D eigenvalue weighted by atomic mass is 16.5. The molecule has 2 nitrogen and oxygen atoms in total. The standard InChI is InChI=1S/C16H25NO/c1-12-4-3-5-14(10-12)11-18-16-8-6-15(7-9-16)13(2)17/h6-9,12-14H,3-5,10-11,17H2,1-2H3. The minimum atomic E-state index is 0.0956. The fraction of sp³-hybridized carbons (Fsp3) is 0.625. The molecule has 0 amide bonds. The van der Waals surface area contributed by atoms with E-state index in [9.17, 15) is 0 Å². The van der Waals surface area contributed by atoms with Crippen LogP contribution in [0.2, 0.25) is 0 Å². The molecule has 2 rings (SSSR count). The van der Waals surface area contributed by atoms with Gasteiger partial charge in [0.1, 0.15) is 5.75 Å². The molecule has 0 heterocycles. The van der Waals surface area contributed by atoms with Crippen LogP contribution in [-0.4, -0.2) is 6.61 Å². The van der Waals surface area contributed by atoms with Crippen LogP contribution < -0.4 is 10.5 Å². The number of benzene rings is 1. The van der Waals surface area contributed by atoms with Crippen LogP contribution in [0.15, 0.2) is 24.3 Å². The van der Waals surface area contributed by atoms with E-state index in [0.717, 1.165) is 29.8 Å². The highest BCUT2D eigenvalue weighted by molar-refractivity contribution is 5.28. The van der Waals surface area contributed by atoms with Gasteiger partial charge in [-0.25, -0.2) is 0 Å². The minimum Gasteiger partial charge on any atom is -0.493 e. The Morgan fingerprint density at radius 3 is 2.61 bits per heavy atom. The van der Waals surface area contributed by atoms with Gasteiger partial charge in [-0.05, 0) is 49.3 Å². The van der Waals surface area contributed by atoms with Crippen LogP contribution in [0, 0.1) is 11.8 Å². The molecule has 1 fully saturated rings. The topological polar surface area (TPSA) is 35.2 Å². The summed E-state index contributed by atoms with van der Waals surface area (Å²) in [6.45, 7) is 5.21. The van der Waals surface area contributed by atoms with Gasteiger partial charge >= 0.3 is 0 Å². The summed E-state index contributed by atoms with van der Waals surface area (Å²) in [6.07, 6.45) is 5.39. The van der Waals surface area contributed by atoms with E-state index in [-0.39, 0.29) is 6.04 Å². The molecule has 0 aliphatic heterocycles. The van der Waals surface area contributed by atoms with Gasteiger partial charge < -0.3 is 10.5 Å². The Hall–Kier alpha value is -1.02. The molecule has 1 aliphatic carbocycles. The van der Waals surface area contributed by atoms with Crippen molar-refractivity contribution < 1.29 is 4.74 Å². The summed E-state index contributed by atoms with van der Waals surface area (Å²) in [7, 11) is 0. The van der Waals surface area contributed by atoms with Gasteiger partial charge in [0.2, 0.25) is 0 Å². The van der Waals surface area contributed by atoms with Crippen molar-refractivity contribution in [3.05, 3.63) is 29.8 Å². The Labute approximate surface area is 111 Å². The second-order valence-corrected chi connectivity index (χ2v) is 5.81. The summed E-state index contributed by atoms with van der Waals surface area (Å²) in [6, 6.07) is 8.28. The Morgan fingerprint density at radius 1 is 1.28 bits per heavy atom. The summed E-state index contributed by atoms with van der Waals surface area (Å²) in [5.74, 6) is 2.58. The van der Waals surface area contributed by atoms with Crippen molar-refractivity contribution in [1.82, 2.24) is 0 Å². The van der Waals surface area contributed by atoms with E-state index in [4.69, 9.17) is 10.5 Å². The molecule has 1 aromatic rings. The number of hydrogen-bond acceptors (Lipinski definition) is 2. The highest BCUT2D eigenvalue weighted by Crippen LogP contribution is 2.29. The molecule has 2 N–H and O–H groups in total. The smallest absolute Gasteiger partial charge is 0.119 e. The molecule has 100 valence electrons. The number of nitrogens with two attached hydrogens (primary N) is 1. The van der Waals surface area contributed by atoms with Crippen LogP contribution in [0.4, 0.5) is 0 Å². The lowest BCUT2D eigenvalue weighted by molar-refractivity contribution is 0.182. The van der Waals surface area contributed by atoms with Crippen molar-refractivity contribution in [2.75, 3.05) is 6.61 Å². The predicted molar refractivity (Wildman–Crippen MR) is 75.7 cm³/mol. The summed E-state index contributed by atoms with van der Waals surface area (Å²) < 4.78 is 5.89. The lowest BCUT2D eigenvalue weighted by Crippen LogP contribution is -2.19. The lowest BCUT2D eigenvalue weighted by atomic mass is 9.83. The summed E-state index contributed by atoms with van der Waals surface area (Å²) >= 11 is 0. The number of hydrogen-bond donors (Lipinski definition) is 1. The van der Waals surface area contributed by atoms with Crippen molar-refractivity contribution in [2.45, 2.75) is 45.6 Å². The van der Waals surface area contributed by atoms with Crippen LogP contribution in [0.3, 0.4) is 0 Å². The van der Waals surface area contributed by atoms with Gasteiger partial charge in [0, 0.05) is 6.04 Å². The van der Waals surface area contributed by atoms with Crippen molar-refractivity contribution in [2.24, 2.45) is 17.6 Å². The summed E-state index contributed by atoms with van der Waals surface area (Å²) in [4.78, 5) is 0. The quantitative estimate of drug-likeness (QED) is 0.875. The molecular weight excluding hydrogens is 222 g/mol. The second-order valence-electron chi connectivity index (χ2n) is 5.81. The first kappa shape index (κ1) is 13.4. The van der Waals surface area contributed by atoms with E-state index >= 15 is 0 Å². The van der Waals surface area contributed by atoms with Gasteiger partial charge in [0.25, 0.3) is 0 Å². The maximum atomic E-state index is 5.89. The van der Waals surface area contributed by atoms with Gasteiger partial charge in [0.05, 0.1) is 6.61 Å². The fourth-order valence-corrected chi connectivity index (χ4v) is 2.79. The Kier molecular flexibility index (Phi) is 4.65. The summed E-state index contributed by atoms with van der Waals surface area (Å²) in [5.41, 5.74) is 6.99. The van der Waals surface area contributed by atoms with E-state index in [0.29, 0.717) is 0 Å². The second kappa shape index (κ2) is 6.24. The number of ether oxygens (including phenoxy) is 1. The van der Waals surface area contributed by atoms with Gasteiger partial charge in [-0.15, -0.1) is 0 Å². The van der Waals surface area contributed by atoms with Gasteiger partial charge in [-0.2, -0.15) is 0 Å². The first-order valence-electron chi connectivity index (χ1n) is 7.13. The molecule has 0 spiro atoms. The molecule has 1 aromatic carbocycles. The lowest BCUT2D eigenvalue weighted by Gasteiger charge is -2.26. The molecule has 0 radical (unpaired) electrons. The number of rotatable bonds is 4. The third-order valence-electron chi connectivity index (χ3n) is 3.94. The van der Waals surface area contributed by atoms with Crippen LogP contribution >= 0.6 is 0 Å². The van der Waals surface area contributed by atoms with Crippen LogP contribution in [0.1, 0.15) is 51.1 Å². The van der Waals surface area contributed by atoms with E-state index in [1.807, 2.05) is 19.1 Å². The van der Waals surface area contributed by atoms with Crippen LogP contribution in [0.25, 0.3) is 0 Å². The SMILES string of the molecule is CC1CCCC(COc2ccc(C(C)N)cc2)C1. The van der Waals surface area contributed by atoms with E-state index in [2.05, 4.69) is 19.1 Å². The average Bonchev–Trinajstić information content (AvgIpc) is 2.37. The predicted octanol–water partition coefficient (Wildman–Crippen LogP) is 3.91. The van der Waals surface area contributed by atoms with E-state index in [1.165, 1.54) is 25.7 Å². The molecule has 2 heteroatoms. The Morgan fingerprint density at radius 2 is 2.00 bits per heavy atom. The third-order valence-corrected chi connectivity index (χ3v) is 3.94. The average molecular weight is 247 g/mol. The molecule has 0 bridgehead atoms. The zero-order chi connectivity index (χ0) is 13.0. The maximum Gasteiger partial charge on any atom is 0.119 e. The maximum absolute atomic E-state index is 5.89. The third kappa shape index (κ3) is 3.74. The molecule has 3 atom stereocenters. The van der Waals surface area contributed by atoms with Crippen molar-refractivity contribution >= 4 is 0 Å². The monoisotopic (exact) mass is 247 g/mol. The van der Waals surface area contributed by atoms with Gasteiger partial charge in [-0.1, -0.05) is 31.9 Å². The Balaban J connectivity index is 1.82. The minimum absolute atomic E-state index is 0.0956. The van der Waals surface area contributed by atoms with E-state index < -0.39 is 0 Å². The molecular formula is C16H25NO. The van der Waals surface area contributed by atoms with Crippen molar-refractivity contribution in [1.29, 1.82) is 0 Å². The largest absolute Gasteiger partial charge is 0.493 e. The highest BCUT2D eigenvalue weighted by Gasteiger charge is 2.19. The normalized spacial score (nSPS) is 25.7. The van der Waals surface area contributed by atoms with Crippen LogP contribution in [-0.2, 0) is 0 Å². The molecule has 0 saturated heterocycles. The fourth-order valence-electron chi connectivity index (χ4n) is 2.79. The molecule has 1 aliphatic rings. The van der Waals surface area contributed by atoms with Crippen molar-refractivity contribution in [3.63, 3.8) is 0 Å². The summed E-state index contributed by atoms with van der Waals surface area (Å²) in [5, 5.41) is 0. The van der Waals surface area contributed by atoms with Crippen molar-refractivity contribution in [3.8, 4) is 5.75 Å². The molecule has 3 unspecified atom stereocenters. The van der Waals surface area contributed by atoms with Crippen LogP contribution in [0.5, 0.6) is 5.75 Å². The van der Waals surface area contributed by atoms with Gasteiger partial charge in [-0.3, -0.25) is 0 Å². The van der Waals surface area contributed by atoms with Gasteiger partial charge in [0.15, 0.2) is 0 Å². The zero-order valence-electron chi connectivity index (χ0n) is 11.6. The Bertz CT molecular complexity index is 358. The molecule has 18 heavy (non-hydrogen) atoms. The first-order valence-corrected chi connectivity index (χ1v) is 7.13. The zero-order valence-corrected chi connectivity index (χ0v) is 11.6. The molecule has 1 saturated carbocycles. The van der Waals surface area contributed by atoms with E-state index in [1.54, 1.807) is 0 Å².